The summed E-state index contributed by atoms with van der Waals surface area (Å²) in [5, 5.41) is 2.53. The zero-order valence-corrected chi connectivity index (χ0v) is 17.5. The van der Waals surface area contributed by atoms with E-state index in [0.29, 0.717) is 18.8 Å². The molecule has 3 rings (SSSR count). The molecule has 0 aromatic heterocycles. The Hall–Kier alpha value is -2.59. The van der Waals surface area contributed by atoms with Gasteiger partial charge < -0.3 is 10.1 Å². The molecule has 0 saturated carbocycles. The molecule has 10 heteroatoms. The van der Waals surface area contributed by atoms with Crippen LogP contribution in [0.2, 0.25) is 0 Å². The van der Waals surface area contributed by atoms with E-state index in [-0.39, 0.29) is 10.6 Å². The number of carbonyl (C=O) groups is 1. The average molecular weight is 456 g/mol. The first kappa shape index (κ1) is 23.1. The first-order chi connectivity index (χ1) is 14.7. The van der Waals surface area contributed by atoms with Gasteiger partial charge in [-0.05, 0) is 55.3 Å². The van der Waals surface area contributed by atoms with Crippen molar-refractivity contribution in [2.75, 3.05) is 25.0 Å². The van der Waals surface area contributed by atoms with Gasteiger partial charge in [-0.1, -0.05) is 18.9 Å². The normalized spacial score (nSPS) is 15.8. The fourth-order valence-corrected chi connectivity index (χ4v) is 4.77. The number of anilines is 1. The van der Waals surface area contributed by atoms with Gasteiger partial charge in [0.05, 0.1) is 10.5 Å². The summed E-state index contributed by atoms with van der Waals surface area (Å²) in [7, 11) is -3.59. The Morgan fingerprint density at radius 1 is 1.00 bits per heavy atom. The van der Waals surface area contributed by atoms with E-state index in [1.54, 1.807) is 0 Å². The highest BCUT2D eigenvalue weighted by atomic mass is 32.2. The lowest BCUT2D eigenvalue weighted by Gasteiger charge is -2.20. The Balaban J connectivity index is 1.58. The number of hydrogen-bond donors (Lipinski definition) is 1. The molecule has 0 unspecified atom stereocenters. The standard InChI is InChI=1S/C21H23F3N2O4S/c22-21(23,24)16-6-5-7-18(14-16)30-15-20(27)25-17-8-10-19(11-9-17)31(28,29)26-12-3-1-2-4-13-26/h5-11,14H,1-4,12-13,15H2,(H,25,27). The van der Waals surface area contributed by atoms with E-state index in [4.69, 9.17) is 4.74 Å². The number of nitrogens with zero attached hydrogens (tertiary/aromatic N) is 1. The number of rotatable bonds is 6. The van der Waals surface area contributed by atoms with Crippen molar-refractivity contribution in [2.45, 2.75) is 36.8 Å². The number of sulfonamides is 1. The Morgan fingerprint density at radius 2 is 1.65 bits per heavy atom. The lowest BCUT2D eigenvalue weighted by atomic mass is 10.2. The van der Waals surface area contributed by atoms with Crippen LogP contribution in [0, 0.1) is 0 Å². The van der Waals surface area contributed by atoms with Gasteiger partial charge in [-0.3, -0.25) is 4.79 Å². The monoisotopic (exact) mass is 456 g/mol. The second kappa shape index (κ2) is 9.69. The van der Waals surface area contributed by atoms with Crippen molar-refractivity contribution in [2.24, 2.45) is 0 Å². The van der Waals surface area contributed by atoms with E-state index >= 15 is 0 Å². The first-order valence-corrected chi connectivity index (χ1v) is 11.3. The third kappa shape index (κ3) is 6.20. The number of halogens is 3. The molecule has 6 nitrogen and oxygen atoms in total. The molecule has 1 heterocycles. The predicted molar refractivity (Wildman–Crippen MR) is 109 cm³/mol. The van der Waals surface area contributed by atoms with E-state index in [1.807, 2.05) is 0 Å². The molecule has 1 N–H and O–H groups in total. The summed E-state index contributed by atoms with van der Waals surface area (Å²) in [5.41, 5.74) is -0.515. The number of ether oxygens (including phenoxy) is 1. The van der Waals surface area contributed by atoms with Crippen LogP contribution in [0.3, 0.4) is 0 Å². The number of benzene rings is 2. The maximum atomic E-state index is 12.8. The van der Waals surface area contributed by atoms with Gasteiger partial charge >= 0.3 is 6.18 Å². The molecular formula is C21H23F3N2O4S. The zero-order valence-electron chi connectivity index (χ0n) is 16.7. The van der Waals surface area contributed by atoms with Crippen molar-refractivity contribution in [3.05, 3.63) is 54.1 Å². The van der Waals surface area contributed by atoms with Crippen LogP contribution in [-0.4, -0.2) is 38.3 Å². The van der Waals surface area contributed by atoms with Gasteiger partial charge in [-0.25, -0.2) is 8.42 Å². The molecule has 1 aliphatic heterocycles. The van der Waals surface area contributed by atoms with Crippen LogP contribution < -0.4 is 10.1 Å². The van der Waals surface area contributed by atoms with Gasteiger partial charge in [0.15, 0.2) is 6.61 Å². The Kier molecular flexibility index (Phi) is 7.22. The SMILES string of the molecule is O=C(COc1cccc(C(F)(F)F)c1)Nc1ccc(S(=O)(=O)N2CCCCCC2)cc1. The van der Waals surface area contributed by atoms with Gasteiger partial charge in [0.1, 0.15) is 5.75 Å². The summed E-state index contributed by atoms with van der Waals surface area (Å²) in [6.07, 6.45) is -0.811. The van der Waals surface area contributed by atoms with E-state index in [2.05, 4.69) is 5.32 Å². The largest absolute Gasteiger partial charge is 0.484 e. The highest BCUT2D eigenvalue weighted by molar-refractivity contribution is 7.89. The maximum absolute atomic E-state index is 12.8. The van der Waals surface area contributed by atoms with Crippen LogP contribution in [0.15, 0.2) is 53.4 Å². The molecule has 0 aliphatic carbocycles. The molecule has 0 atom stereocenters. The van der Waals surface area contributed by atoms with Crippen molar-refractivity contribution >= 4 is 21.6 Å². The fraction of sp³-hybridized carbons (Fsp3) is 0.381. The van der Waals surface area contributed by atoms with Gasteiger partial charge in [-0.15, -0.1) is 0 Å². The number of hydrogen-bond acceptors (Lipinski definition) is 4. The minimum atomic E-state index is -4.50. The van der Waals surface area contributed by atoms with Crippen LogP contribution >= 0.6 is 0 Å². The number of alkyl halides is 3. The quantitative estimate of drug-likeness (QED) is 0.704. The summed E-state index contributed by atoms with van der Waals surface area (Å²) in [6, 6.07) is 10.0. The molecule has 0 spiro atoms. The lowest BCUT2D eigenvalue weighted by molar-refractivity contribution is -0.137. The van der Waals surface area contributed by atoms with Crippen LogP contribution in [0.4, 0.5) is 18.9 Å². The molecule has 1 aliphatic rings. The minimum absolute atomic E-state index is 0.0798. The molecule has 2 aromatic carbocycles. The highest BCUT2D eigenvalue weighted by Crippen LogP contribution is 2.31. The molecule has 1 fully saturated rings. The van der Waals surface area contributed by atoms with Crippen LogP contribution in [0.5, 0.6) is 5.75 Å². The third-order valence-corrected chi connectivity index (χ3v) is 6.79. The van der Waals surface area contributed by atoms with Gasteiger partial charge in [-0.2, -0.15) is 17.5 Å². The van der Waals surface area contributed by atoms with Crippen LogP contribution in [-0.2, 0) is 21.0 Å². The van der Waals surface area contributed by atoms with Gasteiger partial charge in [0.25, 0.3) is 5.91 Å². The summed E-state index contributed by atoms with van der Waals surface area (Å²) in [5.74, 6) is -0.663. The zero-order chi connectivity index (χ0) is 22.5. The fourth-order valence-electron chi connectivity index (χ4n) is 3.25. The Bertz CT molecular complexity index is 1000. The average Bonchev–Trinajstić information content (AvgIpc) is 3.02. The van der Waals surface area contributed by atoms with Gasteiger partial charge in [0, 0.05) is 18.8 Å². The van der Waals surface area contributed by atoms with E-state index < -0.39 is 34.3 Å². The Labute approximate surface area is 179 Å². The van der Waals surface area contributed by atoms with Gasteiger partial charge in [0.2, 0.25) is 10.0 Å². The second-order valence-corrected chi connectivity index (χ2v) is 9.14. The highest BCUT2D eigenvalue weighted by Gasteiger charge is 2.30. The molecule has 1 amide bonds. The second-order valence-electron chi connectivity index (χ2n) is 7.21. The Morgan fingerprint density at radius 3 is 2.26 bits per heavy atom. The summed E-state index contributed by atoms with van der Waals surface area (Å²) in [4.78, 5) is 12.2. The molecule has 0 bridgehead atoms. The van der Waals surface area contributed by atoms with Crippen molar-refractivity contribution < 1.29 is 31.1 Å². The molecule has 168 valence electrons. The van der Waals surface area contributed by atoms with Crippen molar-refractivity contribution in [3.8, 4) is 5.75 Å². The van der Waals surface area contributed by atoms with Crippen molar-refractivity contribution in [3.63, 3.8) is 0 Å². The molecule has 1 saturated heterocycles. The van der Waals surface area contributed by atoms with E-state index in [1.165, 1.54) is 40.7 Å². The van der Waals surface area contributed by atoms with E-state index in [9.17, 15) is 26.4 Å². The predicted octanol–water partition coefficient (Wildman–Crippen LogP) is 4.29. The molecular weight excluding hydrogens is 433 g/mol. The molecule has 2 aromatic rings. The van der Waals surface area contributed by atoms with Crippen LogP contribution in [0.1, 0.15) is 31.2 Å². The molecule has 31 heavy (non-hydrogen) atoms. The minimum Gasteiger partial charge on any atom is -0.484 e. The smallest absolute Gasteiger partial charge is 0.416 e. The lowest BCUT2D eigenvalue weighted by Crippen LogP contribution is -2.31. The van der Waals surface area contributed by atoms with Crippen molar-refractivity contribution in [1.29, 1.82) is 0 Å². The summed E-state index contributed by atoms with van der Waals surface area (Å²) >= 11 is 0. The number of nitrogens with one attached hydrogen (secondary N) is 1. The summed E-state index contributed by atoms with van der Waals surface area (Å²) in [6.45, 7) is 0.497. The number of carbonyl (C=O) groups excluding carboxylic acids is 1. The molecule has 0 radical (unpaired) electrons. The third-order valence-electron chi connectivity index (χ3n) is 4.87. The summed E-state index contributed by atoms with van der Waals surface area (Å²) < 4.78 is 70.3. The van der Waals surface area contributed by atoms with Crippen LogP contribution in [0.25, 0.3) is 0 Å². The number of amides is 1. The maximum Gasteiger partial charge on any atom is 0.416 e. The van der Waals surface area contributed by atoms with E-state index in [0.717, 1.165) is 37.8 Å². The first-order valence-electron chi connectivity index (χ1n) is 9.86. The van der Waals surface area contributed by atoms with Crippen molar-refractivity contribution in [1.82, 2.24) is 4.31 Å². The topological polar surface area (TPSA) is 75.7 Å².